The number of hydrogen-bond donors (Lipinski definition) is 3. The number of fused-ring (bicyclic) bond motifs is 1. The maximum absolute atomic E-state index is 11.9. The second kappa shape index (κ2) is 6.35. The van der Waals surface area contributed by atoms with Crippen molar-refractivity contribution in [2.75, 3.05) is 11.9 Å². The third kappa shape index (κ3) is 3.28. The highest BCUT2D eigenvalue weighted by Gasteiger charge is 2.03. The van der Waals surface area contributed by atoms with Gasteiger partial charge >= 0.3 is 6.03 Å². The topological polar surface area (TPSA) is 56.9 Å². The Kier molecular flexibility index (Phi) is 4.10. The summed E-state index contributed by atoms with van der Waals surface area (Å²) < 4.78 is 0. The van der Waals surface area contributed by atoms with Crippen LogP contribution in [0, 0.1) is 6.92 Å². The van der Waals surface area contributed by atoms with Crippen LogP contribution in [-0.4, -0.2) is 17.6 Å². The van der Waals surface area contributed by atoms with Crippen LogP contribution in [0.5, 0.6) is 0 Å². The molecule has 0 unspecified atom stereocenters. The molecule has 0 saturated carbocycles. The van der Waals surface area contributed by atoms with Crippen LogP contribution in [0.4, 0.5) is 10.5 Å². The second-order valence-corrected chi connectivity index (χ2v) is 5.34. The highest BCUT2D eigenvalue weighted by atomic mass is 16.2. The molecule has 0 radical (unpaired) electrons. The minimum atomic E-state index is -0.177. The van der Waals surface area contributed by atoms with Crippen molar-refractivity contribution in [3.05, 3.63) is 65.9 Å². The zero-order valence-corrected chi connectivity index (χ0v) is 12.5. The van der Waals surface area contributed by atoms with Crippen molar-refractivity contribution >= 4 is 22.6 Å². The van der Waals surface area contributed by atoms with Crippen molar-refractivity contribution in [1.82, 2.24) is 10.3 Å². The third-order valence-electron chi connectivity index (χ3n) is 3.75. The van der Waals surface area contributed by atoms with E-state index >= 15 is 0 Å². The fourth-order valence-electron chi connectivity index (χ4n) is 2.51. The van der Waals surface area contributed by atoms with Gasteiger partial charge in [-0.3, -0.25) is 0 Å². The average molecular weight is 293 g/mol. The summed E-state index contributed by atoms with van der Waals surface area (Å²) in [6.45, 7) is 2.70. The van der Waals surface area contributed by atoms with Gasteiger partial charge in [0.05, 0.1) is 0 Å². The molecule has 0 saturated heterocycles. The van der Waals surface area contributed by atoms with E-state index in [9.17, 15) is 4.79 Å². The first-order valence-electron chi connectivity index (χ1n) is 7.39. The van der Waals surface area contributed by atoms with Gasteiger partial charge in [-0.15, -0.1) is 0 Å². The number of amides is 2. The quantitative estimate of drug-likeness (QED) is 0.672. The number of aromatic nitrogens is 1. The third-order valence-corrected chi connectivity index (χ3v) is 3.75. The predicted molar refractivity (Wildman–Crippen MR) is 90.2 cm³/mol. The largest absolute Gasteiger partial charge is 0.361 e. The average Bonchev–Trinajstić information content (AvgIpc) is 2.97. The Morgan fingerprint density at radius 2 is 2.00 bits per heavy atom. The van der Waals surface area contributed by atoms with Crippen LogP contribution < -0.4 is 10.6 Å². The first-order chi connectivity index (χ1) is 10.7. The molecule has 0 aliphatic rings. The van der Waals surface area contributed by atoms with Gasteiger partial charge in [-0.1, -0.05) is 24.3 Å². The summed E-state index contributed by atoms with van der Waals surface area (Å²) in [5.74, 6) is 0. The van der Waals surface area contributed by atoms with Gasteiger partial charge in [-0.2, -0.15) is 0 Å². The van der Waals surface area contributed by atoms with Gasteiger partial charge in [-0.25, -0.2) is 4.79 Å². The summed E-state index contributed by atoms with van der Waals surface area (Å²) in [6.07, 6.45) is 2.72. The van der Waals surface area contributed by atoms with E-state index in [0.29, 0.717) is 6.54 Å². The van der Waals surface area contributed by atoms with Crippen molar-refractivity contribution in [3.63, 3.8) is 0 Å². The molecule has 4 nitrogen and oxygen atoms in total. The van der Waals surface area contributed by atoms with Crippen LogP contribution in [0.1, 0.15) is 11.1 Å². The maximum Gasteiger partial charge on any atom is 0.319 e. The molecular weight excluding hydrogens is 274 g/mol. The van der Waals surface area contributed by atoms with E-state index in [0.717, 1.165) is 23.0 Å². The number of urea groups is 1. The lowest BCUT2D eigenvalue weighted by Crippen LogP contribution is -2.30. The number of anilines is 1. The number of nitrogens with one attached hydrogen (secondary N) is 3. The van der Waals surface area contributed by atoms with E-state index < -0.39 is 0 Å². The number of aromatic amines is 1. The summed E-state index contributed by atoms with van der Waals surface area (Å²) >= 11 is 0. The SMILES string of the molecule is Cc1ccccc1CCNC(=O)Nc1ccc2[nH]ccc2c1. The molecular formula is C18H19N3O. The van der Waals surface area contributed by atoms with Gasteiger partial charge < -0.3 is 15.6 Å². The molecule has 2 amide bonds. The summed E-state index contributed by atoms with van der Waals surface area (Å²) in [6, 6.07) is 15.8. The molecule has 3 N–H and O–H groups in total. The summed E-state index contributed by atoms with van der Waals surface area (Å²) in [5, 5.41) is 6.83. The zero-order valence-electron chi connectivity index (χ0n) is 12.5. The molecule has 0 bridgehead atoms. The lowest BCUT2D eigenvalue weighted by Gasteiger charge is -2.09. The lowest BCUT2D eigenvalue weighted by molar-refractivity contribution is 0.252. The number of benzene rings is 2. The van der Waals surface area contributed by atoms with Crippen LogP contribution in [0.2, 0.25) is 0 Å². The van der Waals surface area contributed by atoms with E-state index in [1.807, 2.05) is 42.6 Å². The molecule has 4 heteroatoms. The van der Waals surface area contributed by atoms with Crippen LogP contribution in [0.3, 0.4) is 0 Å². The number of hydrogen-bond acceptors (Lipinski definition) is 1. The maximum atomic E-state index is 11.9. The van der Waals surface area contributed by atoms with Crippen LogP contribution in [-0.2, 0) is 6.42 Å². The van der Waals surface area contributed by atoms with Gasteiger partial charge in [0.15, 0.2) is 0 Å². The molecule has 112 valence electrons. The number of aryl methyl sites for hydroxylation is 1. The molecule has 2 aromatic carbocycles. The first kappa shape index (κ1) is 14.2. The number of carbonyl (C=O) groups excluding carboxylic acids is 1. The smallest absolute Gasteiger partial charge is 0.319 e. The molecule has 0 atom stereocenters. The van der Waals surface area contributed by atoms with Crippen LogP contribution in [0.15, 0.2) is 54.7 Å². The Bertz CT molecular complexity index is 792. The summed E-state index contributed by atoms with van der Waals surface area (Å²) in [4.78, 5) is 15.1. The van der Waals surface area contributed by atoms with E-state index in [1.54, 1.807) is 0 Å². The highest BCUT2D eigenvalue weighted by Crippen LogP contribution is 2.17. The van der Waals surface area contributed by atoms with Crippen molar-refractivity contribution < 1.29 is 4.79 Å². The van der Waals surface area contributed by atoms with E-state index in [1.165, 1.54) is 11.1 Å². The second-order valence-electron chi connectivity index (χ2n) is 5.34. The van der Waals surface area contributed by atoms with Gasteiger partial charge in [0.2, 0.25) is 0 Å². The Balaban J connectivity index is 1.53. The molecule has 3 aromatic rings. The fourth-order valence-corrected chi connectivity index (χ4v) is 2.51. The van der Waals surface area contributed by atoms with E-state index in [2.05, 4.69) is 34.7 Å². The Hall–Kier alpha value is -2.75. The van der Waals surface area contributed by atoms with Crippen LogP contribution in [0.25, 0.3) is 10.9 Å². The molecule has 3 rings (SSSR count). The van der Waals surface area contributed by atoms with Gasteiger partial charge in [-0.05, 0) is 48.7 Å². The van der Waals surface area contributed by atoms with Gasteiger partial charge in [0.25, 0.3) is 0 Å². The Labute approximate surface area is 129 Å². The Morgan fingerprint density at radius 1 is 1.14 bits per heavy atom. The highest BCUT2D eigenvalue weighted by molar-refractivity contribution is 5.92. The standard InChI is InChI=1S/C18H19N3O/c1-13-4-2-3-5-14(13)8-11-20-18(22)21-16-6-7-17-15(12-16)9-10-19-17/h2-7,9-10,12,19H,8,11H2,1H3,(H2,20,21,22). The first-order valence-corrected chi connectivity index (χ1v) is 7.39. The zero-order chi connectivity index (χ0) is 15.4. The van der Waals surface area contributed by atoms with Crippen molar-refractivity contribution in [3.8, 4) is 0 Å². The molecule has 1 aromatic heterocycles. The normalized spacial score (nSPS) is 10.6. The summed E-state index contributed by atoms with van der Waals surface area (Å²) in [7, 11) is 0. The number of H-pyrrole nitrogens is 1. The molecule has 0 aliphatic carbocycles. The van der Waals surface area contributed by atoms with Crippen molar-refractivity contribution in [1.29, 1.82) is 0 Å². The van der Waals surface area contributed by atoms with Crippen molar-refractivity contribution in [2.45, 2.75) is 13.3 Å². The number of rotatable bonds is 4. The van der Waals surface area contributed by atoms with Gasteiger partial charge in [0, 0.05) is 29.3 Å². The molecule has 22 heavy (non-hydrogen) atoms. The number of carbonyl (C=O) groups is 1. The van der Waals surface area contributed by atoms with Crippen LogP contribution >= 0.6 is 0 Å². The summed E-state index contributed by atoms with van der Waals surface area (Å²) in [5.41, 5.74) is 4.37. The fraction of sp³-hybridized carbons (Fsp3) is 0.167. The minimum Gasteiger partial charge on any atom is -0.361 e. The Morgan fingerprint density at radius 3 is 2.86 bits per heavy atom. The van der Waals surface area contributed by atoms with Gasteiger partial charge in [0.1, 0.15) is 0 Å². The minimum absolute atomic E-state index is 0.177. The molecule has 0 spiro atoms. The monoisotopic (exact) mass is 293 g/mol. The molecule has 0 aliphatic heterocycles. The lowest BCUT2D eigenvalue weighted by atomic mass is 10.1. The molecule has 1 heterocycles. The van der Waals surface area contributed by atoms with Crippen molar-refractivity contribution in [2.24, 2.45) is 0 Å². The predicted octanol–water partition coefficient (Wildman–Crippen LogP) is 3.84. The van der Waals surface area contributed by atoms with E-state index in [-0.39, 0.29) is 6.03 Å². The van der Waals surface area contributed by atoms with E-state index in [4.69, 9.17) is 0 Å². The molecule has 0 fully saturated rings.